The van der Waals surface area contributed by atoms with Crippen LogP contribution in [-0.4, -0.2) is 26.6 Å². The Morgan fingerprint density at radius 2 is 1.88 bits per heavy atom. The average molecular weight is 371 g/mol. The lowest BCUT2D eigenvalue weighted by Crippen LogP contribution is -2.45. The van der Waals surface area contributed by atoms with E-state index in [1.54, 1.807) is 24.3 Å². The van der Waals surface area contributed by atoms with Crippen molar-refractivity contribution in [3.05, 3.63) is 59.4 Å². The molecule has 0 unspecified atom stereocenters. The number of sulfonamides is 1. The van der Waals surface area contributed by atoms with Crippen LogP contribution in [0.25, 0.3) is 0 Å². The van der Waals surface area contributed by atoms with E-state index in [0.29, 0.717) is 10.7 Å². The van der Waals surface area contributed by atoms with Crippen LogP contribution in [0.3, 0.4) is 0 Å². The van der Waals surface area contributed by atoms with Crippen molar-refractivity contribution < 1.29 is 17.6 Å². The van der Waals surface area contributed by atoms with Gasteiger partial charge in [-0.1, -0.05) is 29.8 Å². The van der Waals surface area contributed by atoms with E-state index in [1.807, 2.05) is 0 Å². The van der Waals surface area contributed by atoms with Crippen LogP contribution in [0.1, 0.15) is 6.92 Å². The number of nitrogens with one attached hydrogen (secondary N) is 1. The van der Waals surface area contributed by atoms with Crippen molar-refractivity contribution >= 4 is 38.9 Å². The zero-order chi connectivity index (χ0) is 17.9. The molecule has 1 amide bonds. The van der Waals surface area contributed by atoms with Crippen molar-refractivity contribution in [2.75, 3.05) is 15.9 Å². The van der Waals surface area contributed by atoms with E-state index in [9.17, 15) is 17.6 Å². The van der Waals surface area contributed by atoms with E-state index >= 15 is 0 Å². The summed E-state index contributed by atoms with van der Waals surface area (Å²) in [7, 11) is -3.81. The van der Waals surface area contributed by atoms with Crippen LogP contribution >= 0.6 is 11.6 Å². The molecule has 0 fully saturated rings. The van der Waals surface area contributed by atoms with E-state index in [1.165, 1.54) is 25.1 Å². The molecular formula is C16H16ClFN2O3S. The maximum Gasteiger partial charge on any atom is 0.248 e. The van der Waals surface area contributed by atoms with Crippen molar-refractivity contribution in [1.29, 1.82) is 0 Å². The largest absolute Gasteiger partial charge is 0.323 e. The minimum atomic E-state index is -3.81. The van der Waals surface area contributed by atoms with Gasteiger partial charge in [0.2, 0.25) is 15.9 Å². The van der Waals surface area contributed by atoms with Gasteiger partial charge in [-0.3, -0.25) is 9.10 Å². The number of nitrogens with zero attached hydrogens (tertiary/aromatic N) is 1. The Morgan fingerprint density at radius 3 is 2.46 bits per heavy atom. The second kappa shape index (κ2) is 7.19. The summed E-state index contributed by atoms with van der Waals surface area (Å²) < 4.78 is 38.5. The van der Waals surface area contributed by atoms with E-state index in [0.717, 1.165) is 16.6 Å². The van der Waals surface area contributed by atoms with E-state index in [-0.39, 0.29) is 5.69 Å². The van der Waals surface area contributed by atoms with Gasteiger partial charge in [-0.15, -0.1) is 0 Å². The Bertz CT molecular complexity index is 858. The zero-order valence-electron chi connectivity index (χ0n) is 13.0. The molecule has 0 aliphatic carbocycles. The zero-order valence-corrected chi connectivity index (χ0v) is 14.6. The summed E-state index contributed by atoms with van der Waals surface area (Å²) >= 11 is 5.98. The summed E-state index contributed by atoms with van der Waals surface area (Å²) in [4.78, 5) is 12.4. The van der Waals surface area contributed by atoms with Crippen LogP contribution < -0.4 is 9.62 Å². The molecule has 1 N–H and O–H groups in total. The fourth-order valence-corrected chi connectivity index (χ4v) is 3.57. The topological polar surface area (TPSA) is 66.5 Å². The monoisotopic (exact) mass is 370 g/mol. The van der Waals surface area contributed by atoms with Crippen LogP contribution in [0, 0.1) is 5.82 Å². The van der Waals surface area contributed by atoms with Gasteiger partial charge in [-0.2, -0.15) is 0 Å². The highest BCUT2D eigenvalue weighted by Gasteiger charge is 2.29. The molecule has 128 valence electrons. The first-order valence-electron chi connectivity index (χ1n) is 7.00. The molecule has 0 aliphatic rings. The fraction of sp³-hybridized carbons (Fsp3) is 0.188. The van der Waals surface area contributed by atoms with E-state index in [4.69, 9.17) is 11.6 Å². The molecule has 1 atom stereocenters. The van der Waals surface area contributed by atoms with Crippen LogP contribution in [0.2, 0.25) is 5.02 Å². The smallest absolute Gasteiger partial charge is 0.248 e. The van der Waals surface area contributed by atoms with Crippen molar-refractivity contribution in [1.82, 2.24) is 0 Å². The normalized spacial score (nSPS) is 12.5. The minimum absolute atomic E-state index is 0.0688. The Labute approximate surface area is 145 Å². The number of benzene rings is 2. The van der Waals surface area contributed by atoms with Gasteiger partial charge in [-0.05, 0) is 37.3 Å². The maximum atomic E-state index is 13.4. The lowest BCUT2D eigenvalue weighted by molar-refractivity contribution is -0.116. The highest BCUT2D eigenvalue weighted by molar-refractivity contribution is 7.92. The van der Waals surface area contributed by atoms with Gasteiger partial charge in [0.1, 0.15) is 11.9 Å². The Hall–Kier alpha value is -2.12. The number of amides is 1. The second-order valence-electron chi connectivity index (χ2n) is 5.18. The SMILES string of the molecule is C[C@@H](C(=O)Nc1ccccc1Cl)N(c1cccc(F)c1)S(C)(=O)=O. The quantitative estimate of drug-likeness (QED) is 0.878. The summed E-state index contributed by atoms with van der Waals surface area (Å²) in [5.41, 5.74) is 0.433. The molecule has 24 heavy (non-hydrogen) atoms. The van der Waals surface area contributed by atoms with Gasteiger partial charge < -0.3 is 5.32 Å². The molecular weight excluding hydrogens is 355 g/mol. The number of hydrogen-bond donors (Lipinski definition) is 1. The Morgan fingerprint density at radius 1 is 1.21 bits per heavy atom. The van der Waals surface area contributed by atoms with E-state index in [2.05, 4.69) is 5.32 Å². The Kier molecular flexibility index (Phi) is 5.46. The van der Waals surface area contributed by atoms with Gasteiger partial charge in [-0.25, -0.2) is 12.8 Å². The predicted octanol–water partition coefficient (Wildman–Crippen LogP) is 3.27. The first-order valence-corrected chi connectivity index (χ1v) is 9.23. The van der Waals surface area contributed by atoms with Gasteiger partial charge in [0.05, 0.1) is 22.7 Å². The summed E-state index contributed by atoms with van der Waals surface area (Å²) in [6, 6.07) is 10.5. The molecule has 5 nitrogen and oxygen atoms in total. The van der Waals surface area contributed by atoms with E-state index < -0.39 is 27.8 Å². The van der Waals surface area contributed by atoms with Gasteiger partial charge in [0, 0.05) is 0 Å². The van der Waals surface area contributed by atoms with Crippen LogP contribution in [0.5, 0.6) is 0 Å². The third-order valence-corrected chi connectivity index (χ3v) is 4.85. The first-order chi connectivity index (χ1) is 11.2. The van der Waals surface area contributed by atoms with Crippen LogP contribution in [0.4, 0.5) is 15.8 Å². The molecule has 0 spiro atoms. The molecule has 8 heteroatoms. The van der Waals surface area contributed by atoms with Crippen LogP contribution in [0.15, 0.2) is 48.5 Å². The fourth-order valence-electron chi connectivity index (χ4n) is 2.22. The van der Waals surface area contributed by atoms with Crippen molar-refractivity contribution in [2.24, 2.45) is 0 Å². The van der Waals surface area contributed by atoms with Gasteiger partial charge in [0.15, 0.2) is 0 Å². The second-order valence-corrected chi connectivity index (χ2v) is 7.45. The van der Waals surface area contributed by atoms with Crippen molar-refractivity contribution in [3.8, 4) is 0 Å². The summed E-state index contributed by atoms with van der Waals surface area (Å²) in [5.74, 6) is -1.18. The predicted molar refractivity (Wildman–Crippen MR) is 93.3 cm³/mol. The molecule has 0 bridgehead atoms. The Balaban J connectivity index is 2.33. The summed E-state index contributed by atoms with van der Waals surface area (Å²) in [5, 5.41) is 2.90. The standard InChI is InChI=1S/C16H16ClFN2O3S/c1-11(16(21)19-15-9-4-3-8-14(15)17)20(24(2,22)23)13-7-5-6-12(18)10-13/h3-11H,1-2H3,(H,19,21)/t11-/m0/s1. The first kappa shape index (κ1) is 18.2. The van der Waals surface area contributed by atoms with Crippen molar-refractivity contribution in [3.63, 3.8) is 0 Å². The lowest BCUT2D eigenvalue weighted by atomic mass is 10.2. The number of carbonyl (C=O) groups excluding carboxylic acids is 1. The molecule has 0 aromatic heterocycles. The molecule has 2 aromatic rings. The highest BCUT2D eigenvalue weighted by Crippen LogP contribution is 2.24. The third kappa shape index (κ3) is 4.24. The number of hydrogen-bond acceptors (Lipinski definition) is 3. The molecule has 2 rings (SSSR count). The number of halogens is 2. The molecule has 0 aliphatic heterocycles. The third-order valence-electron chi connectivity index (χ3n) is 3.28. The van der Waals surface area contributed by atoms with Crippen molar-refractivity contribution in [2.45, 2.75) is 13.0 Å². The van der Waals surface area contributed by atoms with Gasteiger partial charge in [0.25, 0.3) is 0 Å². The number of anilines is 2. The molecule has 2 aromatic carbocycles. The molecule has 0 heterocycles. The highest BCUT2D eigenvalue weighted by atomic mass is 35.5. The number of carbonyl (C=O) groups is 1. The average Bonchev–Trinajstić information content (AvgIpc) is 2.48. The minimum Gasteiger partial charge on any atom is -0.323 e. The van der Waals surface area contributed by atoms with Gasteiger partial charge >= 0.3 is 0 Å². The molecule has 0 saturated carbocycles. The summed E-state index contributed by atoms with van der Waals surface area (Å²) in [6.45, 7) is 1.41. The maximum absolute atomic E-state index is 13.4. The lowest BCUT2D eigenvalue weighted by Gasteiger charge is -2.28. The molecule has 0 radical (unpaired) electrons. The number of para-hydroxylation sites is 1. The summed E-state index contributed by atoms with van der Waals surface area (Å²) in [6.07, 6.45) is 0.956. The molecule has 0 saturated heterocycles. The van der Waals surface area contributed by atoms with Crippen LogP contribution in [-0.2, 0) is 14.8 Å². The number of rotatable bonds is 5.